The van der Waals surface area contributed by atoms with Crippen molar-refractivity contribution in [2.45, 2.75) is 26.3 Å². The summed E-state index contributed by atoms with van der Waals surface area (Å²) < 4.78 is 5.08. The van der Waals surface area contributed by atoms with Crippen molar-refractivity contribution in [2.75, 3.05) is 7.11 Å². The maximum absolute atomic E-state index is 11.9. The molecular formula is C20H22ClN3O3. The van der Waals surface area contributed by atoms with Crippen LogP contribution in [0.1, 0.15) is 24.5 Å². The molecule has 0 saturated heterocycles. The molecule has 2 N–H and O–H groups in total. The van der Waals surface area contributed by atoms with Crippen molar-refractivity contribution in [1.82, 2.24) is 10.7 Å². The third-order valence-corrected chi connectivity index (χ3v) is 3.97. The molecule has 0 aliphatic carbocycles. The van der Waals surface area contributed by atoms with E-state index in [1.807, 2.05) is 24.3 Å². The van der Waals surface area contributed by atoms with Crippen molar-refractivity contribution in [3.05, 3.63) is 64.7 Å². The highest BCUT2D eigenvalue weighted by atomic mass is 35.5. The Kier molecular flexibility index (Phi) is 7.82. The molecule has 0 heterocycles. The zero-order valence-electron chi connectivity index (χ0n) is 15.3. The van der Waals surface area contributed by atoms with E-state index in [-0.39, 0.29) is 24.7 Å². The van der Waals surface area contributed by atoms with Crippen LogP contribution in [0.25, 0.3) is 0 Å². The normalized spacial score (nSPS) is 11.0. The van der Waals surface area contributed by atoms with Crippen LogP contribution in [0.5, 0.6) is 5.75 Å². The minimum absolute atomic E-state index is 0.108. The molecule has 142 valence electrons. The quantitative estimate of drug-likeness (QED) is 0.539. The summed E-state index contributed by atoms with van der Waals surface area (Å²) in [6, 6.07) is 14.5. The molecule has 2 rings (SSSR count). The summed E-state index contributed by atoms with van der Waals surface area (Å²) in [7, 11) is 1.59. The topological polar surface area (TPSA) is 79.8 Å². The van der Waals surface area contributed by atoms with E-state index < -0.39 is 0 Å². The lowest BCUT2D eigenvalue weighted by Gasteiger charge is -2.06. The average molecular weight is 388 g/mol. The van der Waals surface area contributed by atoms with Gasteiger partial charge in [0, 0.05) is 17.3 Å². The fourth-order valence-electron chi connectivity index (χ4n) is 2.26. The predicted molar refractivity (Wildman–Crippen MR) is 106 cm³/mol. The van der Waals surface area contributed by atoms with Crippen LogP contribution in [0, 0.1) is 0 Å². The van der Waals surface area contributed by atoms with Gasteiger partial charge in [-0.05, 0) is 42.3 Å². The highest BCUT2D eigenvalue weighted by molar-refractivity contribution is 6.30. The van der Waals surface area contributed by atoms with E-state index in [2.05, 4.69) is 15.8 Å². The fraction of sp³-hybridized carbons (Fsp3) is 0.250. The van der Waals surface area contributed by atoms with Gasteiger partial charge < -0.3 is 10.1 Å². The zero-order valence-corrected chi connectivity index (χ0v) is 16.0. The van der Waals surface area contributed by atoms with Gasteiger partial charge in [-0.2, -0.15) is 5.10 Å². The minimum atomic E-state index is -0.249. The Morgan fingerprint density at radius 2 is 1.63 bits per heavy atom. The lowest BCUT2D eigenvalue weighted by molar-refractivity contribution is -0.121. The number of carbonyl (C=O) groups is 2. The number of hydrazone groups is 1. The molecule has 6 nitrogen and oxygen atoms in total. The van der Waals surface area contributed by atoms with Crippen LogP contribution in [-0.4, -0.2) is 24.6 Å². The van der Waals surface area contributed by atoms with Crippen LogP contribution < -0.4 is 15.5 Å². The molecule has 2 aromatic rings. The van der Waals surface area contributed by atoms with Crippen molar-refractivity contribution >= 4 is 29.1 Å². The molecule has 27 heavy (non-hydrogen) atoms. The molecule has 0 aromatic heterocycles. The van der Waals surface area contributed by atoms with Gasteiger partial charge in [-0.25, -0.2) is 5.43 Å². The maximum Gasteiger partial charge on any atom is 0.244 e. The molecule has 0 bridgehead atoms. The largest absolute Gasteiger partial charge is 0.497 e. The number of hydrogen-bond acceptors (Lipinski definition) is 4. The molecule has 0 unspecified atom stereocenters. The van der Waals surface area contributed by atoms with E-state index >= 15 is 0 Å². The summed E-state index contributed by atoms with van der Waals surface area (Å²) >= 11 is 5.82. The molecule has 0 fully saturated rings. The first-order chi connectivity index (χ1) is 13.0. The van der Waals surface area contributed by atoms with Crippen LogP contribution in [0.3, 0.4) is 0 Å². The monoisotopic (exact) mass is 387 g/mol. The van der Waals surface area contributed by atoms with Gasteiger partial charge in [-0.1, -0.05) is 35.9 Å². The Labute approximate surface area is 163 Å². The van der Waals surface area contributed by atoms with Crippen molar-refractivity contribution in [3.8, 4) is 5.75 Å². The highest BCUT2D eigenvalue weighted by Gasteiger charge is 2.06. The van der Waals surface area contributed by atoms with E-state index in [0.717, 1.165) is 16.9 Å². The first-order valence-electron chi connectivity index (χ1n) is 8.42. The fourth-order valence-corrected chi connectivity index (χ4v) is 2.39. The second-order valence-corrected chi connectivity index (χ2v) is 6.42. The molecule has 0 saturated carbocycles. The molecule has 0 atom stereocenters. The first kappa shape index (κ1) is 20.5. The minimum Gasteiger partial charge on any atom is -0.497 e. The van der Waals surface area contributed by atoms with Crippen molar-refractivity contribution in [3.63, 3.8) is 0 Å². The van der Waals surface area contributed by atoms with Crippen LogP contribution in [0.4, 0.5) is 0 Å². The van der Waals surface area contributed by atoms with Gasteiger partial charge in [0.1, 0.15) is 5.75 Å². The average Bonchev–Trinajstić information content (AvgIpc) is 2.66. The molecule has 0 spiro atoms. The predicted octanol–water partition coefficient (Wildman–Crippen LogP) is 3.09. The van der Waals surface area contributed by atoms with E-state index in [1.165, 1.54) is 0 Å². The number of carbonyl (C=O) groups excluding carboxylic acids is 2. The lowest BCUT2D eigenvalue weighted by atomic mass is 10.1. The Bertz CT molecular complexity index is 802. The zero-order chi connectivity index (χ0) is 19.6. The standard InChI is InChI=1S/C20H22ClN3O3/c1-14(11-19(25)22-13-16-3-7-17(21)8-4-16)23-24-20(26)12-15-5-9-18(27-2)10-6-15/h3-10H,11-13H2,1-2H3,(H,22,25)(H,24,26)/b23-14-. The van der Waals surface area contributed by atoms with Crippen molar-refractivity contribution < 1.29 is 14.3 Å². The van der Waals surface area contributed by atoms with Crippen molar-refractivity contribution in [2.24, 2.45) is 5.10 Å². The number of benzene rings is 2. The number of nitrogens with zero attached hydrogens (tertiary/aromatic N) is 1. The van der Waals surface area contributed by atoms with Crippen LogP contribution >= 0.6 is 11.6 Å². The molecule has 2 amide bonds. The van der Waals surface area contributed by atoms with E-state index in [4.69, 9.17) is 16.3 Å². The van der Waals surface area contributed by atoms with Gasteiger partial charge in [0.15, 0.2) is 0 Å². The first-order valence-corrected chi connectivity index (χ1v) is 8.80. The van der Waals surface area contributed by atoms with Gasteiger partial charge in [-0.3, -0.25) is 9.59 Å². The number of halogens is 1. The second-order valence-electron chi connectivity index (χ2n) is 5.99. The molecule has 7 heteroatoms. The number of methoxy groups -OCH3 is 1. The Morgan fingerprint density at radius 1 is 1.00 bits per heavy atom. The van der Waals surface area contributed by atoms with Crippen molar-refractivity contribution in [1.29, 1.82) is 0 Å². The summed E-state index contributed by atoms with van der Waals surface area (Å²) in [6.45, 7) is 2.10. The molecule has 0 aliphatic rings. The van der Waals surface area contributed by atoms with E-state index in [0.29, 0.717) is 17.3 Å². The van der Waals surface area contributed by atoms with Gasteiger partial charge in [-0.15, -0.1) is 0 Å². The van der Waals surface area contributed by atoms with Gasteiger partial charge in [0.05, 0.1) is 20.0 Å². The number of ether oxygens (including phenoxy) is 1. The Balaban J connectivity index is 1.74. The summed E-state index contributed by atoms with van der Waals surface area (Å²) in [6.07, 6.45) is 0.305. The summed E-state index contributed by atoms with van der Waals surface area (Å²) in [4.78, 5) is 23.9. The SMILES string of the molecule is COc1ccc(CC(=O)N/N=C(/C)CC(=O)NCc2ccc(Cl)cc2)cc1. The molecule has 0 radical (unpaired) electrons. The Hall–Kier alpha value is -2.86. The molecular weight excluding hydrogens is 366 g/mol. The smallest absolute Gasteiger partial charge is 0.244 e. The summed E-state index contributed by atoms with van der Waals surface area (Å²) in [5.74, 6) is 0.314. The third-order valence-electron chi connectivity index (χ3n) is 3.71. The van der Waals surface area contributed by atoms with Crippen LogP contribution in [-0.2, 0) is 22.6 Å². The number of nitrogens with one attached hydrogen (secondary N) is 2. The molecule has 2 aromatic carbocycles. The van der Waals surface area contributed by atoms with Crippen LogP contribution in [0.2, 0.25) is 5.02 Å². The van der Waals surface area contributed by atoms with E-state index in [9.17, 15) is 9.59 Å². The van der Waals surface area contributed by atoms with Gasteiger partial charge in [0.25, 0.3) is 0 Å². The van der Waals surface area contributed by atoms with E-state index in [1.54, 1.807) is 38.3 Å². The van der Waals surface area contributed by atoms with Gasteiger partial charge in [0.2, 0.25) is 11.8 Å². The van der Waals surface area contributed by atoms with Crippen LogP contribution in [0.15, 0.2) is 53.6 Å². The highest BCUT2D eigenvalue weighted by Crippen LogP contribution is 2.11. The second kappa shape index (κ2) is 10.3. The summed E-state index contributed by atoms with van der Waals surface area (Å²) in [5.41, 5.74) is 4.79. The number of amides is 2. The number of rotatable bonds is 8. The maximum atomic E-state index is 11.9. The number of hydrogen-bond donors (Lipinski definition) is 2. The lowest BCUT2D eigenvalue weighted by Crippen LogP contribution is -2.26. The molecule has 0 aliphatic heterocycles. The Morgan fingerprint density at radius 3 is 2.26 bits per heavy atom. The van der Waals surface area contributed by atoms with Gasteiger partial charge >= 0.3 is 0 Å². The summed E-state index contributed by atoms with van der Waals surface area (Å²) in [5, 5.41) is 7.43. The third kappa shape index (κ3) is 7.50.